The Balaban J connectivity index is 1.49. The third-order valence-corrected chi connectivity index (χ3v) is 8.60. The SMILES string of the molecule is COP(=O)(Cc1ccc(C(=O)Nc2cc(-c3cccs3)ccc2N)cc1)c1ccc(F)cc1. The van der Waals surface area contributed by atoms with Crippen LogP contribution >= 0.6 is 18.7 Å². The van der Waals surface area contributed by atoms with Crippen LogP contribution in [0.3, 0.4) is 0 Å². The van der Waals surface area contributed by atoms with Crippen LogP contribution in [0.5, 0.6) is 0 Å². The molecule has 1 aromatic heterocycles. The molecule has 0 bridgehead atoms. The van der Waals surface area contributed by atoms with Gasteiger partial charge < -0.3 is 15.6 Å². The van der Waals surface area contributed by atoms with Crippen LogP contribution in [0.15, 0.2) is 84.2 Å². The first kappa shape index (κ1) is 22.9. The van der Waals surface area contributed by atoms with Crippen molar-refractivity contribution in [1.82, 2.24) is 0 Å². The van der Waals surface area contributed by atoms with Crippen LogP contribution in [0, 0.1) is 5.82 Å². The van der Waals surface area contributed by atoms with E-state index in [1.54, 1.807) is 41.7 Å². The van der Waals surface area contributed by atoms with Gasteiger partial charge in [-0.15, -0.1) is 11.3 Å². The first-order chi connectivity index (χ1) is 15.9. The van der Waals surface area contributed by atoms with E-state index in [4.69, 9.17) is 10.3 Å². The zero-order chi connectivity index (χ0) is 23.4. The number of nitrogen functional groups attached to an aromatic ring is 1. The highest BCUT2D eigenvalue weighted by Crippen LogP contribution is 2.48. The highest BCUT2D eigenvalue weighted by Gasteiger charge is 2.25. The molecule has 8 heteroatoms. The van der Waals surface area contributed by atoms with E-state index in [0.29, 0.717) is 22.2 Å². The molecule has 1 amide bonds. The van der Waals surface area contributed by atoms with Crippen molar-refractivity contribution in [2.24, 2.45) is 0 Å². The summed E-state index contributed by atoms with van der Waals surface area (Å²) in [7, 11) is -1.83. The molecule has 0 saturated carbocycles. The van der Waals surface area contributed by atoms with Gasteiger partial charge in [0.1, 0.15) is 5.82 Å². The molecule has 0 aliphatic carbocycles. The maximum Gasteiger partial charge on any atom is 0.255 e. The lowest BCUT2D eigenvalue weighted by atomic mass is 10.1. The predicted molar refractivity (Wildman–Crippen MR) is 133 cm³/mol. The van der Waals surface area contributed by atoms with Crippen molar-refractivity contribution in [3.05, 3.63) is 101 Å². The summed E-state index contributed by atoms with van der Waals surface area (Å²) in [5.41, 5.74) is 9.22. The number of hydrogen-bond acceptors (Lipinski definition) is 5. The molecule has 33 heavy (non-hydrogen) atoms. The van der Waals surface area contributed by atoms with Crippen LogP contribution in [0.2, 0.25) is 0 Å². The van der Waals surface area contributed by atoms with E-state index >= 15 is 0 Å². The average molecular weight is 481 g/mol. The van der Waals surface area contributed by atoms with Crippen molar-refractivity contribution in [2.45, 2.75) is 6.16 Å². The van der Waals surface area contributed by atoms with Crippen molar-refractivity contribution >= 4 is 41.3 Å². The van der Waals surface area contributed by atoms with Crippen LogP contribution < -0.4 is 16.4 Å². The number of nitrogens with one attached hydrogen (secondary N) is 1. The molecule has 0 spiro atoms. The van der Waals surface area contributed by atoms with Gasteiger partial charge in [0.05, 0.1) is 17.5 Å². The number of anilines is 2. The number of rotatable bonds is 7. The lowest BCUT2D eigenvalue weighted by Gasteiger charge is -2.17. The summed E-state index contributed by atoms with van der Waals surface area (Å²) in [5, 5.41) is 5.29. The number of carbonyl (C=O) groups is 1. The Morgan fingerprint density at radius 3 is 2.42 bits per heavy atom. The molecule has 1 heterocycles. The summed E-state index contributed by atoms with van der Waals surface area (Å²) < 4.78 is 31.8. The molecule has 0 saturated heterocycles. The Hall–Kier alpha value is -3.25. The number of carbonyl (C=O) groups excluding carboxylic acids is 1. The second kappa shape index (κ2) is 9.71. The van der Waals surface area contributed by atoms with Crippen LogP contribution in [0.1, 0.15) is 15.9 Å². The fourth-order valence-electron chi connectivity index (χ4n) is 3.39. The van der Waals surface area contributed by atoms with Gasteiger partial charge >= 0.3 is 0 Å². The molecule has 5 nitrogen and oxygen atoms in total. The zero-order valence-corrected chi connectivity index (χ0v) is 19.5. The summed E-state index contributed by atoms with van der Waals surface area (Å²) in [5.74, 6) is -0.705. The smallest absolute Gasteiger partial charge is 0.255 e. The fourth-order valence-corrected chi connectivity index (χ4v) is 5.93. The van der Waals surface area contributed by atoms with Gasteiger partial charge in [-0.05, 0) is 71.1 Å². The fraction of sp³-hybridized carbons (Fsp3) is 0.0800. The van der Waals surface area contributed by atoms with Crippen LogP contribution in [-0.4, -0.2) is 13.0 Å². The Labute approximate surface area is 195 Å². The molecule has 1 unspecified atom stereocenters. The van der Waals surface area contributed by atoms with Crippen molar-refractivity contribution < 1.29 is 18.3 Å². The van der Waals surface area contributed by atoms with E-state index in [0.717, 1.165) is 16.0 Å². The lowest BCUT2D eigenvalue weighted by molar-refractivity contribution is 0.102. The van der Waals surface area contributed by atoms with Crippen molar-refractivity contribution in [3.8, 4) is 10.4 Å². The quantitative estimate of drug-likeness (QED) is 0.246. The predicted octanol–water partition coefficient (Wildman–Crippen LogP) is 6.14. The van der Waals surface area contributed by atoms with Gasteiger partial charge in [0.25, 0.3) is 5.91 Å². The second-order valence-electron chi connectivity index (χ2n) is 7.42. The molecule has 168 valence electrons. The summed E-state index contributed by atoms with van der Waals surface area (Å²) in [6.45, 7) is 0. The Kier molecular flexibility index (Phi) is 6.75. The molecule has 0 fully saturated rings. The summed E-state index contributed by atoms with van der Waals surface area (Å²) >= 11 is 1.61. The van der Waals surface area contributed by atoms with Gasteiger partial charge in [0.2, 0.25) is 7.37 Å². The third kappa shape index (κ3) is 5.22. The monoisotopic (exact) mass is 480 g/mol. The van der Waals surface area contributed by atoms with Gasteiger partial charge in [0, 0.05) is 22.9 Å². The van der Waals surface area contributed by atoms with E-state index in [1.807, 2.05) is 29.6 Å². The average Bonchev–Trinajstić information content (AvgIpc) is 3.36. The standard InChI is InChI=1S/C25H22FN2O3PS/c1-31-32(30,21-11-9-20(26)10-12-21)16-17-4-6-18(7-5-17)25(29)28-23-15-19(8-13-22(23)27)24-3-2-14-33-24/h2-15H,16,27H2,1H3,(H,28,29). The molecule has 0 radical (unpaired) electrons. The van der Waals surface area contributed by atoms with E-state index in [1.165, 1.54) is 31.4 Å². The van der Waals surface area contributed by atoms with E-state index in [-0.39, 0.29) is 12.1 Å². The number of benzene rings is 3. The van der Waals surface area contributed by atoms with Gasteiger partial charge in [-0.25, -0.2) is 4.39 Å². The number of halogens is 1. The first-order valence-electron chi connectivity index (χ1n) is 10.1. The van der Waals surface area contributed by atoms with E-state index in [9.17, 15) is 13.8 Å². The number of nitrogens with two attached hydrogens (primary N) is 1. The number of thiophene rings is 1. The molecular weight excluding hydrogens is 458 g/mol. The van der Waals surface area contributed by atoms with Crippen molar-refractivity contribution in [1.29, 1.82) is 0 Å². The number of amides is 1. The zero-order valence-electron chi connectivity index (χ0n) is 17.8. The highest BCUT2D eigenvalue weighted by atomic mass is 32.1. The molecule has 3 aromatic carbocycles. The molecular formula is C25H22FN2O3PS. The Bertz CT molecular complexity index is 1310. The van der Waals surface area contributed by atoms with Gasteiger partial charge in [-0.2, -0.15) is 0 Å². The maximum absolute atomic E-state index is 13.3. The van der Waals surface area contributed by atoms with Crippen LogP contribution in [0.25, 0.3) is 10.4 Å². The van der Waals surface area contributed by atoms with Crippen molar-refractivity contribution in [2.75, 3.05) is 18.2 Å². The summed E-state index contributed by atoms with van der Waals surface area (Å²) in [6, 6.07) is 21.7. The maximum atomic E-state index is 13.3. The summed E-state index contributed by atoms with van der Waals surface area (Å²) in [4.78, 5) is 13.9. The van der Waals surface area contributed by atoms with Gasteiger partial charge in [-0.1, -0.05) is 24.3 Å². The minimum Gasteiger partial charge on any atom is -0.397 e. The minimum absolute atomic E-state index is 0.132. The van der Waals surface area contributed by atoms with E-state index in [2.05, 4.69) is 5.32 Å². The highest BCUT2D eigenvalue weighted by molar-refractivity contribution is 7.66. The molecule has 4 aromatic rings. The summed E-state index contributed by atoms with van der Waals surface area (Å²) in [6.07, 6.45) is 0.132. The largest absolute Gasteiger partial charge is 0.397 e. The van der Waals surface area contributed by atoms with Crippen LogP contribution in [-0.2, 0) is 15.3 Å². The molecule has 0 aliphatic rings. The third-order valence-electron chi connectivity index (χ3n) is 5.23. The first-order valence-corrected chi connectivity index (χ1v) is 12.8. The molecule has 4 rings (SSSR count). The molecule has 3 N–H and O–H groups in total. The normalized spacial score (nSPS) is 12.8. The van der Waals surface area contributed by atoms with Gasteiger partial charge in [-0.3, -0.25) is 9.36 Å². The Morgan fingerprint density at radius 1 is 1.06 bits per heavy atom. The Morgan fingerprint density at radius 2 is 1.79 bits per heavy atom. The second-order valence-corrected chi connectivity index (χ2v) is 10.9. The minimum atomic E-state index is -3.21. The van der Waals surface area contributed by atoms with E-state index < -0.39 is 13.2 Å². The lowest BCUT2D eigenvalue weighted by Crippen LogP contribution is -2.13. The van der Waals surface area contributed by atoms with Gasteiger partial charge in [0.15, 0.2) is 0 Å². The number of hydrogen-bond donors (Lipinski definition) is 2. The van der Waals surface area contributed by atoms with Crippen molar-refractivity contribution in [3.63, 3.8) is 0 Å². The van der Waals surface area contributed by atoms with Crippen LogP contribution in [0.4, 0.5) is 15.8 Å². The molecule has 1 atom stereocenters. The molecule has 0 aliphatic heterocycles. The topological polar surface area (TPSA) is 81.4 Å².